The average Bonchev–Trinajstić information content (AvgIpc) is 3.09. The van der Waals surface area contributed by atoms with Crippen LogP contribution in [0.5, 0.6) is 0 Å². The molecule has 2 aliphatic carbocycles. The minimum atomic E-state index is -3.67. The Morgan fingerprint density at radius 2 is 1.74 bits per heavy atom. The zero-order chi connectivity index (χ0) is 16.2. The first-order valence-corrected chi connectivity index (χ1v) is 9.48. The molecule has 3 aliphatic rings. The van der Waals surface area contributed by atoms with Crippen molar-refractivity contribution in [1.29, 1.82) is 0 Å². The second-order valence-corrected chi connectivity index (χ2v) is 8.51. The van der Waals surface area contributed by atoms with Crippen LogP contribution in [0, 0.1) is 17.8 Å². The summed E-state index contributed by atoms with van der Waals surface area (Å²) in [6.45, 7) is 0.702. The van der Waals surface area contributed by atoms with E-state index in [-0.39, 0.29) is 11.8 Å². The van der Waals surface area contributed by atoms with E-state index in [2.05, 4.69) is 4.72 Å². The lowest BCUT2D eigenvalue weighted by Gasteiger charge is -2.46. The molecule has 2 saturated carbocycles. The summed E-state index contributed by atoms with van der Waals surface area (Å²) in [7, 11) is -3.67. The molecule has 7 heteroatoms. The summed E-state index contributed by atoms with van der Waals surface area (Å²) < 4.78 is 29.5. The fourth-order valence-electron chi connectivity index (χ4n) is 4.51. The van der Waals surface area contributed by atoms with Gasteiger partial charge in [0.25, 0.3) is 10.2 Å². The Morgan fingerprint density at radius 3 is 2.35 bits per heavy atom. The Balaban J connectivity index is 1.51. The Bertz CT molecular complexity index is 723. The monoisotopic (exact) mass is 336 g/mol. The Kier molecular flexibility index (Phi) is 3.48. The van der Waals surface area contributed by atoms with E-state index in [1.807, 2.05) is 24.3 Å². The number of fused-ring (bicyclic) bond motifs is 2. The van der Waals surface area contributed by atoms with Crippen LogP contribution in [0.25, 0.3) is 0 Å². The van der Waals surface area contributed by atoms with Crippen molar-refractivity contribution in [1.82, 2.24) is 9.03 Å². The molecule has 0 bridgehead atoms. The van der Waals surface area contributed by atoms with Gasteiger partial charge in [-0.2, -0.15) is 17.4 Å². The first-order valence-electron chi connectivity index (χ1n) is 8.04. The standard InChI is InChI=1S/C16H20N2O4S/c19-16(20)14-12-6-3-7-13(12)15(14)17-23(21,22)18-8-10-4-1-2-5-11(10)9-18/h1-2,4-5,12-15,17H,3,6-9H2,(H,19,20)/t12-,13+,14-,15-/m0/s1. The fourth-order valence-corrected chi connectivity index (χ4v) is 5.94. The average molecular weight is 336 g/mol. The summed E-state index contributed by atoms with van der Waals surface area (Å²) in [6.07, 6.45) is 2.81. The quantitative estimate of drug-likeness (QED) is 0.868. The molecule has 1 aliphatic heterocycles. The van der Waals surface area contributed by atoms with Gasteiger partial charge in [0.1, 0.15) is 0 Å². The highest BCUT2D eigenvalue weighted by molar-refractivity contribution is 7.87. The molecule has 0 aromatic heterocycles. The van der Waals surface area contributed by atoms with Crippen LogP contribution in [-0.4, -0.2) is 29.8 Å². The molecular weight excluding hydrogens is 316 g/mol. The number of rotatable bonds is 4. The van der Waals surface area contributed by atoms with Gasteiger partial charge in [-0.3, -0.25) is 4.79 Å². The number of nitrogens with zero attached hydrogens (tertiary/aromatic N) is 1. The molecule has 1 aromatic rings. The molecular formula is C16H20N2O4S. The normalized spacial score (nSPS) is 33.0. The molecule has 4 rings (SSSR count). The summed E-state index contributed by atoms with van der Waals surface area (Å²) in [5, 5.41) is 9.41. The lowest BCUT2D eigenvalue weighted by molar-refractivity contribution is -0.152. The third-order valence-corrected chi connectivity index (χ3v) is 7.16. The van der Waals surface area contributed by atoms with E-state index in [1.165, 1.54) is 4.31 Å². The number of carbonyl (C=O) groups is 1. The summed E-state index contributed by atoms with van der Waals surface area (Å²) >= 11 is 0. The predicted octanol–water partition coefficient (Wildman–Crippen LogP) is 1.34. The topological polar surface area (TPSA) is 86.7 Å². The third-order valence-electron chi connectivity index (χ3n) is 5.66. The number of nitrogens with one attached hydrogen (secondary N) is 1. The van der Waals surface area contributed by atoms with E-state index in [1.54, 1.807) is 0 Å². The zero-order valence-corrected chi connectivity index (χ0v) is 13.5. The first kappa shape index (κ1) is 15.1. The molecule has 4 atom stereocenters. The van der Waals surface area contributed by atoms with Crippen LogP contribution in [-0.2, 0) is 28.1 Å². The highest BCUT2D eigenvalue weighted by Gasteiger charge is 2.57. The van der Waals surface area contributed by atoms with Gasteiger partial charge in [0, 0.05) is 19.1 Å². The molecule has 0 amide bonds. The van der Waals surface area contributed by atoms with Crippen LogP contribution in [0.2, 0.25) is 0 Å². The second-order valence-electron chi connectivity index (χ2n) is 6.81. The maximum Gasteiger partial charge on any atom is 0.308 e. The van der Waals surface area contributed by atoms with Crippen molar-refractivity contribution in [2.24, 2.45) is 17.8 Å². The van der Waals surface area contributed by atoms with Gasteiger partial charge in [0.2, 0.25) is 0 Å². The maximum absolute atomic E-state index is 12.7. The van der Waals surface area contributed by atoms with E-state index >= 15 is 0 Å². The van der Waals surface area contributed by atoms with Gasteiger partial charge >= 0.3 is 5.97 Å². The number of hydrogen-bond acceptors (Lipinski definition) is 3. The van der Waals surface area contributed by atoms with Crippen LogP contribution in [0.15, 0.2) is 24.3 Å². The molecule has 0 saturated heterocycles. The van der Waals surface area contributed by atoms with Gasteiger partial charge in [-0.15, -0.1) is 0 Å². The van der Waals surface area contributed by atoms with Crippen molar-refractivity contribution in [3.05, 3.63) is 35.4 Å². The molecule has 0 spiro atoms. The van der Waals surface area contributed by atoms with Gasteiger partial charge in [-0.25, -0.2) is 0 Å². The molecule has 124 valence electrons. The van der Waals surface area contributed by atoms with Crippen molar-refractivity contribution in [2.75, 3.05) is 0 Å². The molecule has 23 heavy (non-hydrogen) atoms. The zero-order valence-electron chi connectivity index (χ0n) is 12.7. The van der Waals surface area contributed by atoms with Crippen molar-refractivity contribution < 1.29 is 18.3 Å². The van der Waals surface area contributed by atoms with Crippen molar-refractivity contribution in [3.8, 4) is 0 Å². The molecule has 1 aromatic carbocycles. The fraction of sp³-hybridized carbons (Fsp3) is 0.562. The van der Waals surface area contributed by atoms with Crippen molar-refractivity contribution >= 4 is 16.2 Å². The van der Waals surface area contributed by atoms with Crippen LogP contribution < -0.4 is 4.72 Å². The highest BCUT2D eigenvalue weighted by Crippen LogP contribution is 2.51. The van der Waals surface area contributed by atoms with Crippen LogP contribution in [0.4, 0.5) is 0 Å². The minimum absolute atomic E-state index is 0.135. The Morgan fingerprint density at radius 1 is 1.13 bits per heavy atom. The van der Waals surface area contributed by atoms with Gasteiger partial charge in [-0.1, -0.05) is 30.7 Å². The first-order chi connectivity index (χ1) is 11.0. The van der Waals surface area contributed by atoms with E-state index in [0.717, 1.165) is 30.4 Å². The summed E-state index contributed by atoms with van der Waals surface area (Å²) in [4.78, 5) is 11.5. The SMILES string of the molecule is O=C(O)[C@H]1[C@H]2CCC[C@H]2[C@@H]1NS(=O)(=O)N1Cc2ccccc2C1. The van der Waals surface area contributed by atoms with E-state index < -0.39 is 28.1 Å². The molecule has 0 radical (unpaired) electrons. The number of hydrogen-bond donors (Lipinski definition) is 2. The van der Waals surface area contributed by atoms with Crippen LogP contribution >= 0.6 is 0 Å². The molecule has 6 nitrogen and oxygen atoms in total. The number of carboxylic acids is 1. The van der Waals surface area contributed by atoms with E-state index in [4.69, 9.17) is 0 Å². The van der Waals surface area contributed by atoms with Gasteiger partial charge < -0.3 is 5.11 Å². The number of benzene rings is 1. The lowest BCUT2D eigenvalue weighted by atomic mass is 9.63. The Labute approximate surface area is 135 Å². The summed E-state index contributed by atoms with van der Waals surface area (Å²) in [5.74, 6) is -1.15. The van der Waals surface area contributed by atoms with Gasteiger partial charge in [0.05, 0.1) is 5.92 Å². The third kappa shape index (κ3) is 2.38. The Hall–Kier alpha value is -1.44. The minimum Gasteiger partial charge on any atom is -0.481 e. The molecule has 0 unspecified atom stereocenters. The highest BCUT2D eigenvalue weighted by atomic mass is 32.2. The van der Waals surface area contributed by atoms with Gasteiger partial charge in [-0.05, 0) is 35.8 Å². The largest absolute Gasteiger partial charge is 0.481 e. The van der Waals surface area contributed by atoms with Crippen LogP contribution in [0.1, 0.15) is 30.4 Å². The number of carboxylic acid groups (broad SMARTS) is 1. The maximum atomic E-state index is 12.7. The second kappa shape index (κ2) is 5.29. The lowest BCUT2D eigenvalue weighted by Crippen LogP contribution is -2.62. The summed E-state index contributed by atoms with van der Waals surface area (Å²) in [5.41, 5.74) is 2.03. The molecule has 2 fully saturated rings. The van der Waals surface area contributed by atoms with Crippen molar-refractivity contribution in [3.63, 3.8) is 0 Å². The molecule has 2 N–H and O–H groups in total. The van der Waals surface area contributed by atoms with Crippen LogP contribution in [0.3, 0.4) is 0 Å². The summed E-state index contributed by atoms with van der Waals surface area (Å²) in [6, 6.07) is 7.20. The van der Waals surface area contributed by atoms with Gasteiger partial charge in [0.15, 0.2) is 0 Å². The molecule has 1 heterocycles. The van der Waals surface area contributed by atoms with E-state index in [0.29, 0.717) is 13.1 Å². The van der Waals surface area contributed by atoms with Crippen molar-refractivity contribution in [2.45, 2.75) is 38.4 Å². The smallest absolute Gasteiger partial charge is 0.308 e. The van der Waals surface area contributed by atoms with E-state index in [9.17, 15) is 18.3 Å². The predicted molar refractivity (Wildman–Crippen MR) is 83.5 cm³/mol. The number of aliphatic carboxylic acids is 1.